The Morgan fingerprint density at radius 2 is 1.89 bits per heavy atom. The molecular weight excluding hydrogens is 366 g/mol. The number of ether oxygens (including phenoxy) is 1. The SMILES string of the molecule is CC(C)(C)OC(=O)NCC(=O)N1CCC(CNC(=O)c2ccc(=O)[nH]n2)CC1. The van der Waals surface area contributed by atoms with Crippen LogP contribution < -0.4 is 16.2 Å². The molecule has 0 saturated carbocycles. The third kappa shape index (κ3) is 7.01. The van der Waals surface area contributed by atoms with Crippen molar-refractivity contribution >= 4 is 17.9 Å². The maximum absolute atomic E-state index is 12.2. The van der Waals surface area contributed by atoms with E-state index >= 15 is 0 Å². The summed E-state index contributed by atoms with van der Waals surface area (Å²) in [6, 6.07) is 2.62. The normalized spacial score (nSPS) is 15.0. The van der Waals surface area contributed by atoms with E-state index in [9.17, 15) is 19.2 Å². The molecule has 0 bridgehead atoms. The maximum atomic E-state index is 12.2. The largest absolute Gasteiger partial charge is 0.444 e. The summed E-state index contributed by atoms with van der Waals surface area (Å²) in [5.74, 6) is -0.267. The number of aromatic amines is 1. The van der Waals surface area contributed by atoms with E-state index < -0.39 is 11.7 Å². The van der Waals surface area contributed by atoms with E-state index in [2.05, 4.69) is 20.8 Å². The van der Waals surface area contributed by atoms with Crippen molar-refractivity contribution in [1.82, 2.24) is 25.7 Å². The minimum absolute atomic E-state index is 0.103. The predicted octanol–water partition coefficient (Wildman–Crippen LogP) is 0.263. The average molecular weight is 393 g/mol. The first-order valence-corrected chi connectivity index (χ1v) is 9.22. The Bertz CT molecular complexity index is 742. The molecule has 154 valence electrons. The van der Waals surface area contributed by atoms with E-state index in [0.29, 0.717) is 19.6 Å². The fourth-order valence-electron chi connectivity index (χ4n) is 2.76. The summed E-state index contributed by atoms with van der Waals surface area (Å²) in [4.78, 5) is 48.5. The van der Waals surface area contributed by atoms with Gasteiger partial charge >= 0.3 is 6.09 Å². The molecule has 0 radical (unpaired) electrons. The average Bonchev–Trinajstić information content (AvgIpc) is 2.64. The molecule has 0 unspecified atom stereocenters. The Balaban J connectivity index is 1.68. The van der Waals surface area contributed by atoms with Crippen molar-refractivity contribution in [3.8, 4) is 0 Å². The number of rotatable bonds is 5. The number of H-pyrrole nitrogens is 1. The topological polar surface area (TPSA) is 133 Å². The van der Waals surface area contributed by atoms with Gasteiger partial charge in [0, 0.05) is 25.7 Å². The predicted molar refractivity (Wildman–Crippen MR) is 101 cm³/mol. The van der Waals surface area contributed by atoms with Gasteiger partial charge in [0.15, 0.2) is 0 Å². The van der Waals surface area contributed by atoms with Crippen LogP contribution in [0.3, 0.4) is 0 Å². The van der Waals surface area contributed by atoms with Crippen LogP contribution in [0.4, 0.5) is 4.79 Å². The van der Waals surface area contributed by atoms with Crippen molar-refractivity contribution in [3.05, 3.63) is 28.2 Å². The number of carbonyl (C=O) groups is 3. The van der Waals surface area contributed by atoms with Crippen molar-refractivity contribution in [1.29, 1.82) is 0 Å². The number of alkyl carbamates (subject to hydrolysis) is 1. The van der Waals surface area contributed by atoms with Crippen LogP contribution in [0, 0.1) is 5.92 Å². The zero-order valence-corrected chi connectivity index (χ0v) is 16.4. The molecule has 0 spiro atoms. The van der Waals surface area contributed by atoms with Crippen LogP contribution in [0.5, 0.6) is 0 Å². The Kier molecular flexibility index (Phi) is 7.13. The van der Waals surface area contributed by atoms with Crippen LogP contribution in [-0.2, 0) is 9.53 Å². The van der Waals surface area contributed by atoms with E-state index in [0.717, 1.165) is 12.8 Å². The van der Waals surface area contributed by atoms with Crippen LogP contribution in [0.15, 0.2) is 16.9 Å². The lowest BCUT2D eigenvalue weighted by molar-refractivity contribution is -0.131. The van der Waals surface area contributed by atoms with Crippen LogP contribution in [0.1, 0.15) is 44.1 Å². The summed E-state index contributed by atoms with van der Waals surface area (Å²) >= 11 is 0. The van der Waals surface area contributed by atoms with Crippen LogP contribution in [0.2, 0.25) is 0 Å². The van der Waals surface area contributed by atoms with E-state index in [1.165, 1.54) is 12.1 Å². The van der Waals surface area contributed by atoms with E-state index in [1.807, 2.05) is 0 Å². The second-order valence-corrected chi connectivity index (χ2v) is 7.70. The fraction of sp³-hybridized carbons (Fsp3) is 0.611. The van der Waals surface area contributed by atoms with Crippen LogP contribution in [-0.4, -0.2) is 64.8 Å². The van der Waals surface area contributed by atoms with Gasteiger partial charge in [-0.3, -0.25) is 14.4 Å². The Morgan fingerprint density at radius 1 is 1.21 bits per heavy atom. The Hall–Kier alpha value is -2.91. The van der Waals surface area contributed by atoms with Gasteiger partial charge in [0.05, 0.1) is 0 Å². The maximum Gasteiger partial charge on any atom is 0.408 e. The molecule has 1 aliphatic heterocycles. The van der Waals surface area contributed by atoms with Crippen molar-refractivity contribution in [3.63, 3.8) is 0 Å². The molecule has 0 aliphatic carbocycles. The first kappa shape index (κ1) is 21.4. The van der Waals surface area contributed by atoms with Gasteiger partial charge in [-0.2, -0.15) is 5.10 Å². The van der Waals surface area contributed by atoms with E-state index in [-0.39, 0.29) is 35.5 Å². The molecule has 28 heavy (non-hydrogen) atoms. The molecule has 10 nitrogen and oxygen atoms in total. The number of nitrogens with one attached hydrogen (secondary N) is 3. The second kappa shape index (κ2) is 9.34. The summed E-state index contributed by atoms with van der Waals surface area (Å²) in [5, 5.41) is 11.2. The van der Waals surface area contributed by atoms with Crippen molar-refractivity contribution in [2.45, 2.75) is 39.2 Å². The molecule has 0 atom stereocenters. The summed E-state index contributed by atoms with van der Waals surface area (Å²) in [5.41, 5.74) is -0.823. The molecular formula is C18H27N5O5. The monoisotopic (exact) mass is 393 g/mol. The molecule has 1 fully saturated rings. The van der Waals surface area contributed by atoms with E-state index in [4.69, 9.17) is 4.74 Å². The summed E-state index contributed by atoms with van der Waals surface area (Å²) in [7, 11) is 0. The number of aromatic nitrogens is 2. The highest BCUT2D eigenvalue weighted by Crippen LogP contribution is 2.16. The number of likely N-dealkylation sites (tertiary alicyclic amines) is 1. The number of hydrogen-bond donors (Lipinski definition) is 3. The van der Waals surface area contributed by atoms with Gasteiger partial charge in [-0.15, -0.1) is 0 Å². The molecule has 0 aromatic carbocycles. The molecule has 1 saturated heterocycles. The number of carbonyl (C=O) groups excluding carboxylic acids is 3. The summed E-state index contributed by atoms with van der Waals surface area (Å²) in [6.07, 6.45) is 0.879. The summed E-state index contributed by atoms with van der Waals surface area (Å²) in [6.45, 7) is 6.76. The minimum Gasteiger partial charge on any atom is -0.444 e. The van der Waals surface area contributed by atoms with Gasteiger partial charge in [0.2, 0.25) is 5.91 Å². The van der Waals surface area contributed by atoms with Gasteiger partial charge in [-0.1, -0.05) is 0 Å². The highest BCUT2D eigenvalue weighted by molar-refractivity contribution is 5.91. The number of hydrogen-bond acceptors (Lipinski definition) is 6. The molecule has 2 rings (SSSR count). The quantitative estimate of drug-likeness (QED) is 0.657. The minimum atomic E-state index is -0.616. The van der Waals surface area contributed by atoms with Gasteiger partial charge in [-0.05, 0) is 45.6 Å². The lowest BCUT2D eigenvalue weighted by atomic mass is 9.96. The molecule has 2 heterocycles. The van der Waals surface area contributed by atoms with Gasteiger partial charge in [0.1, 0.15) is 17.8 Å². The highest BCUT2D eigenvalue weighted by atomic mass is 16.6. The Labute approximate surface area is 163 Å². The van der Waals surface area contributed by atoms with Crippen LogP contribution >= 0.6 is 0 Å². The molecule has 1 aliphatic rings. The fourth-order valence-corrected chi connectivity index (χ4v) is 2.76. The second-order valence-electron chi connectivity index (χ2n) is 7.70. The van der Waals surface area contributed by atoms with Crippen molar-refractivity contribution in [2.75, 3.05) is 26.2 Å². The molecule has 1 aromatic heterocycles. The molecule has 1 aromatic rings. The zero-order chi connectivity index (χ0) is 20.7. The van der Waals surface area contributed by atoms with Crippen molar-refractivity contribution < 1.29 is 19.1 Å². The number of amides is 3. The molecule has 3 N–H and O–H groups in total. The van der Waals surface area contributed by atoms with Crippen molar-refractivity contribution in [2.24, 2.45) is 5.92 Å². The summed E-state index contributed by atoms with van der Waals surface area (Å²) < 4.78 is 5.10. The standard InChI is InChI=1S/C18H27N5O5/c1-18(2,3)28-17(27)20-11-15(25)23-8-6-12(7-9-23)10-19-16(26)13-4-5-14(24)22-21-13/h4-5,12H,6-11H2,1-3H3,(H,19,26)(H,20,27)(H,22,24). The first-order chi connectivity index (χ1) is 13.1. The van der Waals surface area contributed by atoms with E-state index in [1.54, 1.807) is 25.7 Å². The highest BCUT2D eigenvalue weighted by Gasteiger charge is 2.24. The lowest BCUT2D eigenvalue weighted by Crippen LogP contribution is -2.46. The van der Waals surface area contributed by atoms with Gasteiger partial charge < -0.3 is 20.3 Å². The lowest BCUT2D eigenvalue weighted by Gasteiger charge is -2.32. The third-order valence-electron chi connectivity index (χ3n) is 4.21. The van der Waals surface area contributed by atoms with Gasteiger partial charge in [-0.25, -0.2) is 9.89 Å². The molecule has 10 heteroatoms. The Morgan fingerprint density at radius 3 is 2.46 bits per heavy atom. The number of nitrogens with zero attached hydrogens (tertiary/aromatic N) is 2. The van der Waals surface area contributed by atoms with Gasteiger partial charge in [0.25, 0.3) is 11.5 Å². The molecule has 3 amide bonds. The smallest absolute Gasteiger partial charge is 0.408 e. The third-order valence-corrected chi connectivity index (χ3v) is 4.21. The number of piperidine rings is 1. The van der Waals surface area contributed by atoms with Crippen LogP contribution in [0.25, 0.3) is 0 Å². The zero-order valence-electron chi connectivity index (χ0n) is 16.4. The first-order valence-electron chi connectivity index (χ1n) is 9.22.